The van der Waals surface area contributed by atoms with E-state index in [4.69, 9.17) is 0 Å². The third-order valence-corrected chi connectivity index (χ3v) is 5.90. The SMILES string of the molecule is CC(C)(c1cccc(-c2[c-]cc(F)c(C(F)(F)F)c2F)n1)c1cccc(-c2[c-]cc(F)c(C(F)(F)F)c2F)n1.[Pt+2]. The second kappa shape index (κ2) is 11.0. The third kappa shape index (κ3) is 5.77. The second-order valence-corrected chi connectivity index (χ2v) is 8.84. The molecule has 2 aromatic heterocycles. The molecule has 40 heavy (non-hydrogen) atoms. The van der Waals surface area contributed by atoms with Crippen molar-refractivity contribution >= 4 is 0 Å². The van der Waals surface area contributed by atoms with Gasteiger partial charge in [0.25, 0.3) is 0 Å². The van der Waals surface area contributed by atoms with Gasteiger partial charge in [0.15, 0.2) is 0 Å². The summed E-state index contributed by atoms with van der Waals surface area (Å²) >= 11 is 0. The van der Waals surface area contributed by atoms with Crippen LogP contribution in [0.4, 0.5) is 43.9 Å². The van der Waals surface area contributed by atoms with E-state index in [1.807, 2.05) is 0 Å². The minimum absolute atomic E-state index is 0. The standard InChI is InChI=1S/C27H14F10N2.Pt/c1-25(2,19-7-3-5-17(38-19)13-9-11-15(28)21(23(13)30)26(32,33)34)20-8-4-6-18(39-20)14-10-12-16(29)22(24(14)31)27(35,36)37;/h3-8,11-12H,1-2H3;/q-2;+2. The maximum absolute atomic E-state index is 14.7. The van der Waals surface area contributed by atoms with Crippen LogP contribution in [0, 0.1) is 35.4 Å². The molecule has 0 saturated carbocycles. The number of pyridine rings is 2. The number of halogens is 10. The summed E-state index contributed by atoms with van der Waals surface area (Å²) in [6.45, 7) is 3.09. The molecule has 0 atom stereocenters. The maximum atomic E-state index is 14.7. The van der Waals surface area contributed by atoms with E-state index in [9.17, 15) is 43.9 Å². The molecule has 212 valence electrons. The van der Waals surface area contributed by atoms with Gasteiger partial charge in [-0.15, -0.1) is 24.3 Å². The molecule has 4 rings (SSSR count). The summed E-state index contributed by atoms with van der Waals surface area (Å²) in [7, 11) is 0. The van der Waals surface area contributed by atoms with Gasteiger partial charge in [-0.1, -0.05) is 35.4 Å². The summed E-state index contributed by atoms with van der Waals surface area (Å²) in [6, 6.07) is 12.8. The van der Waals surface area contributed by atoms with E-state index < -0.39 is 63.3 Å². The molecule has 2 heterocycles. The van der Waals surface area contributed by atoms with Crippen molar-refractivity contribution in [1.82, 2.24) is 9.97 Å². The van der Waals surface area contributed by atoms with E-state index in [1.165, 1.54) is 36.4 Å². The van der Waals surface area contributed by atoms with Crippen LogP contribution in [-0.4, -0.2) is 9.97 Å². The van der Waals surface area contributed by atoms with Gasteiger partial charge in [0, 0.05) is 27.9 Å². The zero-order chi connectivity index (χ0) is 28.9. The number of aromatic nitrogens is 2. The van der Waals surface area contributed by atoms with Crippen molar-refractivity contribution in [2.24, 2.45) is 0 Å². The number of nitrogens with zero attached hydrogens (tertiary/aromatic N) is 2. The van der Waals surface area contributed by atoms with E-state index >= 15 is 0 Å². The summed E-state index contributed by atoms with van der Waals surface area (Å²) in [5.74, 6) is -7.51. The summed E-state index contributed by atoms with van der Waals surface area (Å²) in [4.78, 5) is 8.40. The maximum Gasteiger partial charge on any atom is 2.00 e. The zero-order valence-corrected chi connectivity index (χ0v) is 22.4. The first-order valence-corrected chi connectivity index (χ1v) is 10.9. The Morgan fingerprint density at radius 3 is 1.27 bits per heavy atom. The fourth-order valence-electron chi connectivity index (χ4n) is 3.87. The molecule has 0 N–H and O–H groups in total. The van der Waals surface area contributed by atoms with Crippen LogP contribution in [0.5, 0.6) is 0 Å². The van der Waals surface area contributed by atoms with Gasteiger partial charge in [-0.2, -0.15) is 26.3 Å². The Labute approximate surface area is 235 Å². The molecule has 0 spiro atoms. The van der Waals surface area contributed by atoms with Gasteiger partial charge in [-0.3, -0.25) is 17.6 Å². The number of hydrogen-bond acceptors (Lipinski definition) is 2. The van der Waals surface area contributed by atoms with Crippen LogP contribution in [0.15, 0.2) is 48.5 Å². The largest absolute Gasteiger partial charge is 2.00 e. The van der Waals surface area contributed by atoms with Gasteiger partial charge in [-0.25, -0.2) is 0 Å². The van der Waals surface area contributed by atoms with E-state index in [2.05, 4.69) is 22.1 Å². The molecule has 0 radical (unpaired) electrons. The van der Waals surface area contributed by atoms with Crippen molar-refractivity contribution in [3.63, 3.8) is 0 Å². The fourth-order valence-corrected chi connectivity index (χ4v) is 3.87. The summed E-state index contributed by atoms with van der Waals surface area (Å²) < 4.78 is 136. The molecule has 13 heteroatoms. The second-order valence-electron chi connectivity index (χ2n) is 8.84. The van der Waals surface area contributed by atoms with Gasteiger partial charge >= 0.3 is 33.4 Å². The zero-order valence-electron chi connectivity index (χ0n) is 20.1. The predicted molar refractivity (Wildman–Crippen MR) is 119 cm³/mol. The molecular weight excluding hydrogens is 737 g/mol. The van der Waals surface area contributed by atoms with E-state index in [0.717, 1.165) is 0 Å². The van der Waals surface area contributed by atoms with Crippen LogP contribution in [-0.2, 0) is 38.8 Å². The molecule has 0 aliphatic rings. The minimum Gasteiger partial charge on any atom is -0.300 e. The quantitative estimate of drug-likeness (QED) is 0.155. The molecule has 0 fully saturated rings. The first-order valence-electron chi connectivity index (χ1n) is 10.9. The number of hydrogen-bond donors (Lipinski definition) is 0. The van der Waals surface area contributed by atoms with Crippen molar-refractivity contribution in [3.8, 4) is 22.5 Å². The Balaban J connectivity index is 0.00000441. The van der Waals surface area contributed by atoms with Crippen molar-refractivity contribution in [2.75, 3.05) is 0 Å². The molecule has 4 aromatic rings. The summed E-state index contributed by atoms with van der Waals surface area (Å²) in [5.41, 5.74) is -7.31. The van der Waals surface area contributed by atoms with Crippen molar-refractivity contribution in [1.29, 1.82) is 0 Å². The molecule has 0 saturated heterocycles. The fraction of sp³-hybridized carbons (Fsp3) is 0.185. The topological polar surface area (TPSA) is 25.8 Å². The average Bonchev–Trinajstić information content (AvgIpc) is 2.82. The van der Waals surface area contributed by atoms with Gasteiger partial charge in [0.1, 0.15) is 0 Å². The van der Waals surface area contributed by atoms with Gasteiger partial charge in [0.2, 0.25) is 0 Å². The van der Waals surface area contributed by atoms with Crippen LogP contribution in [0.1, 0.15) is 36.4 Å². The van der Waals surface area contributed by atoms with Crippen LogP contribution < -0.4 is 0 Å². The normalized spacial score (nSPS) is 12.3. The molecule has 0 amide bonds. The number of rotatable bonds is 4. The van der Waals surface area contributed by atoms with Crippen LogP contribution in [0.3, 0.4) is 0 Å². The van der Waals surface area contributed by atoms with E-state index in [-0.39, 0.29) is 43.8 Å². The van der Waals surface area contributed by atoms with Crippen LogP contribution >= 0.6 is 0 Å². The molecular formula is C27H14F10N2Pt. The van der Waals surface area contributed by atoms with Crippen LogP contribution in [0.25, 0.3) is 22.5 Å². The predicted octanol–water partition coefficient (Wildman–Crippen LogP) is 8.33. The van der Waals surface area contributed by atoms with Gasteiger partial charge in [0.05, 0.1) is 23.3 Å². The van der Waals surface area contributed by atoms with Crippen molar-refractivity contribution in [3.05, 3.63) is 106 Å². The first-order chi connectivity index (χ1) is 18.0. The Hall–Kier alpha value is -3.27. The van der Waals surface area contributed by atoms with Gasteiger partial charge in [-0.05, 0) is 37.4 Å². The molecule has 0 bridgehead atoms. The average molecular weight is 751 g/mol. The Bertz CT molecular complexity index is 1450. The van der Waals surface area contributed by atoms with Crippen LogP contribution in [0.2, 0.25) is 0 Å². The molecule has 0 aliphatic heterocycles. The number of benzene rings is 2. The first kappa shape index (κ1) is 31.3. The van der Waals surface area contributed by atoms with Crippen molar-refractivity contribution in [2.45, 2.75) is 31.6 Å². The summed E-state index contributed by atoms with van der Waals surface area (Å²) in [5, 5.41) is 0. The van der Waals surface area contributed by atoms with E-state index in [1.54, 1.807) is 13.8 Å². The molecule has 2 nitrogen and oxygen atoms in total. The number of alkyl halides is 6. The Morgan fingerprint density at radius 2 is 0.950 bits per heavy atom. The molecule has 0 aliphatic carbocycles. The minimum atomic E-state index is -5.32. The third-order valence-electron chi connectivity index (χ3n) is 5.90. The molecule has 0 unspecified atom stereocenters. The Morgan fingerprint density at radius 1 is 0.600 bits per heavy atom. The molecule has 2 aromatic carbocycles. The Kier molecular flexibility index (Phi) is 8.56. The van der Waals surface area contributed by atoms with Crippen molar-refractivity contribution < 1.29 is 65.0 Å². The van der Waals surface area contributed by atoms with E-state index in [0.29, 0.717) is 12.1 Å². The smallest absolute Gasteiger partial charge is 0.300 e. The van der Waals surface area contributed by atoms with Gasteiger partial charge < -0.3 is 9.97 Å². The monoisotopic (exact) mass is 751 g/mol. The summed E-state index contributed by atoms with van der Waals surface area (Å²) in [6.07, 6.45) is -10.6.